The highest BCUT2D eigenvalue weighted by molar-refractivity contribution is 6.42. The molecule has 0 saturated carbocycles. The number of anilines is 1. The predicted molar refractivity (Wildman–Crippen MR) is 130 cm³/mol. The molecule has 0 radical (unpaired) electrons. The molecule has 0 bridgehead atoms. The van der Waals surface area contributed by atoms with Gasteiger partial charge in [0.15, 0.2) is 12.4 Å². The molecule has 2 aromatic heterocycles. The summed E-state index contributed by atoms with van der Waals surface area (Å²) in [6, 6.07) is 10.7. The van der Waals surface area contributed by atoms with Crippen molar-refractivity contribution in [3.05, 3.63) is 92.4 Å². The summed E-state index contributed by atoms with van der Waals surface area (Å²) in [7, 11) is 0. The summed E-state index contributed by atoms with van der Waals surface area (Å²) >= 11 is 18.2. The molecular weight excluding hydrogens is 485 g/mol. The molecular formula is C23H20Cl3N5O2. The Bertz CT molecular complexity index is 1290. The third kappa shape index (κ3) is 5.68. The number of aromatic nitrogens is 4. The molecule has 1 amide bonds. The second-order valence-corrected chi connectivity index (χ2v) is 8.71. The summed E-state index contributed by atoms with van der Waals surface area (Å²) in [6.45, 7) is 4.49. The van der Waals surface area contributed by atoms with Crippen molar-refractivity contribution in [3.8, 4) is 5.75 Å². The van der Waals surface area contributed by atoms with Crippen LogP contribution >= 0.6 is 34.8 Å². The zero-order valence-electron chi connectivity index (χ0n) is 17.8. The Morgan fingerprint density at radius 1 is 1.03 bits per heavy atom. The van der Waals surface area contributed by atoms with Crippen LogP contribution < -0.4 is 10.1 Å². The van der Waals surface area contributed by atoms with Gasteiger partial charge in [-0.25, -0.2) is 4.68 Å². The summed E-state index contributed by atoms with van der Waals surface area (Å²) in [6.07, 6.45) is 4.98. The fourth-order valence-corrected chi connectivity index (χ4v) is 3.65. The van der Waals surface area contributed by atoms with Crippen LogP contribution in [0.2, 0.25) is 15.1 Å². The van der Waals surface area contributed by atoms with Crippen LogP contribution in [0, 0.1) is 13.8 Å². The van der Waals surface area contributed by atoms with Gasteiger partial charge in [-0.15, -0.1) is 0 Å². The number of hydrogen-bond acceptors (Lipinski definition) is 4. The van der Waals surface area contributed by atoms with E-state index in [9.17, 15) is 4.79 Å². The van der Waals surface area contributed by atoms with Crippen molar-refractivity contribution >= 4 is 46.4 Å². The lowest BCUT2D eigenvalue weighted by atomic mass is 10.1. The fourth-order valence-electron chi connectivity index (χ4n) is 3.22. The quantitative estimate of drug-likeness (QED) is 0.335. The van der Waals surface area contributed by atoms with Crippen LogP contribution in [0.5, 0.6) is 5.75 Å². The van der Waals surface area contributed by atoms with Gasteiger partial charge in [-0.2, -0.15) is 10.2 Å². The second-order valence-electron chi connectivity index (χ2n) is 7.51. The van der Waals surface area contributed by atoms with Gasteiger partial charge in [-0.3, -0.25) is 9.48 Å². The van der Waals surface area contributed by atoms with Crippen molar-refractivity contribution in [1.29, 1.82) is 0 Å². The van der Waals surface area contributed by atoms with Crippen LogP contribution in [0.3, 0.4) is 0 Å². The van der Waals surface area contributed by atoms with E-state index in [-0.39, 0.29) is 18.3 Å². The Hall–Kier alpha value is -3.00. The molecule has 0 fully saturated rings. The molecule has 170 valence electrons. The topological polar surface area (TPSA) is 74.0 Å². The van der Waals surface area contributed by atoms with Crippen molar-refractivity contribution in [2.75, 3.05) is 5.32 Å². The number of nitrogens with zero attached hydrogens (tertiary/aromatic N) is 4. The molecule has 33 heavy (non-hydrogen) atoms. The summed E-state index contributed by atoms with van der Waals surface area (Å²) < 4.78 is 9.01. The van der Waals surface area contributed by atoms with E-state index in [1.54, 1.807) is 46.2 Å². The first-order valence-electron chi connectivity index (χ1n) is 9.99. The van der Waals surface area contributed by atoms with Crippen molar-refractivity contribution in [1.82, 2.24) is 19.6 Å². The van der Waals surface area contributed by atoms with E-state index in [4.69, 9.17) is 39.5 Å². The van der Waals surface area contributed by atoms with E-state index >= 15 is 0 Å². The minimum atomic E-state index is -0.346. The van der Waals surface area contributed by atoms with Gasteiger partial charge >= 0.3 is 0 Å². The Balaban J connectivity index is 1.34. The number of benzene rings is 2. The molecule has 0 aliphatic carbocycles. The normalized spacial score (nSPS) is 10.9. The molecule has 0 unspecified atom stereocenters. The number of ether oxygens (including phenoxy) is 1. The Kier molecular flexibility index (Phi) is 6.93. The first kappa shape index (κ1) is 23.2. The van der Waals surface area contributed by atoms with Crippen LogP contribution in [0.15, 0.2) is 55.0 Å². The summed E-state index contributed by atoms with van der Waals surface area (Å²) in [5.41, 5.74) is 3.63. The van der Waals surface area contributed by atoms with Gasteiger partial charge in [-0.1, -0.05) is 40.9 Å². The minimum absolute atomic E-state index is 0.162. The predicted octanol–water partition coefficient (Wildman–Crippen LogP) is 5.99. The summed E-state index contributed by atoms with van der Waals surface area (Å²) in [5, 5.41) is 13.0. The number of rotatable bonds is 7. The first-order chi connectivity index (χ1) is 15.8. The number of carbonyl (C=O) groups excluding carboxylic acids is 1. The molecule has 0 aliphatic heterocycles. The zero-order chi connectivity index (χ0) is 23.5. The highest BCUT2D eigenvalue weighted by Gasteiger charge is 2.12. The second kappa shape index (κ2) is 9.87. The van der Waals surface area contributed by atoms with E-state index in [1.165, 1.54) is 0 Å². The van der Waals surface area contributed by atoms with Gasteiger partial charge in [0.2, 0.25) is 0 Å². The Morgan fingerprint density at radius 3 is 2.52 bits per heavy atom. The summed E-state index contributed by atoms with van der Waals surface area (Å²) in [5.74, 6) is 0.339. The SMILES string of the molecule is Cc1cc(OCn2ccc(C(=O)Nc3cnn(Cc4ccc(Cl)c(Cl)c4)c3)n2)cc(C)c1Cl. The smallest absolute Gasteiger partial charge is 0.276 e. The van der Waals surface area contributed by atoms with E-state index in [2.05, 4.69) is 15.5 Å². The lowest BCUT2D eigenvalue weighted by Gasteiger charge is -2.10. The van der Waals surface area contributed by atoms with Crippen molar-refractivity contribution in [2.45, 2.75) is 27.1 Å². The van der Waals surface area contributed by atoms with Crippen LogP contribution in [-0.4, -0.2) is 25.5 Å². The average Bonchev–Trinajstić information content (AvgIpc) is 3.42. The van der Waals surface area contributed by atoms with Crippen LogP contribution in [0.25, 0.3) is 0 Å². The molecule has 10 heteroatoms. The molecule has 2 heterocycles. The minimum Gasteiger partial charge on any atom is -0.471 e. The van der Waals surface area contributed by atoms with E-state index in [1.807, 2.05) is 32.0 Å². The molecule has 4 aromatic rings. The lowest BCUT2D eigenvalue weighted by Crippen LogP contribution is -2.14. The van der Waals surface area contributed by atoms with Gasteiger partial charge in [0.05, 0.1) is 28.5 Å². The standard InChI is InChI=1S/C23H20Cl3N5O2/c1-14-7-18(8-15(2)22(14)26)33-13-30-6-5-21(29-30)23(32)28-17-10-27-31(12-17)11-16-3-4-19(24)20(25)9-16/h3-10,12H,11,13H2,1-2H3,(H,28,32). The van der Waals surface area contributed by atoms with Crippen LogP contribution in [-0.2, 0) is 13.3 Å². The monoisotopic (exact) mass is 503 g/mol. The maximum Gasteiger partial charge on any atom is 0.276 e. The highest BCUT2D eigenvalue weighted by atomic mass is 35.5. The fraction of sp³-hybridized carbons (Fsp3) is 0.174. The number of carbonyl (C=O) groups is 1. The van der Waals surface area contributed by atoms with Crippen LogP contribution in [0.1, 0.15) is 27.2 Å². The molecule has 0 atom stereocenters. The van der Waals surface area contributed by atoms with Crippen molar-refractivity contribution in [3.63, 3.8) is 0 Å². The van der Waals surface area contributed by atoms with E-state index in [0.717, 1.165) is 21.7 Å². The summed E-state index contributed by atoms with van der Waals surface area (Å²) in [4.78, 5) is 12.6. The van der Waals surface area contributed by atoms with Crippen molar-refractivity contribution < 1.29 is 9.53 Å². The van der Waals surface area contributed by atoms with Gasteiger partial charge < -0.3 is 10.1 Å². The maximum absolute atomic E-state index is 12.6. The van der Waals surface area contributed by atoms with E-state index in [0.29, 0.717) is 28.0 Å². The van der Waals surface area contributed by atoms with E-state index < -0.39 is 0 Å². The number of nitrogens with one attached hydrogen (secondary N) is 1. The zero-order valence-corrected chi connectivity index (χ0v) is 20.1. The maximum atomic E-state index is 12.6. The number of hydrogen-bond donors (Lipinski definition) is 1. The van der Waals surface area contributed by atoms with Gasteiger partial charge in [-0.05, 0) is 60.9 Å². The van der Waals surface area contributed by atoms with Gasteiger partial charge in [0.1, 0.15) is 5.75 Å². The number of halogens is 3. The third-order valence-corrected chi connectivity index (χ3v) is 6.20. The molecule has 0 spiro atoms. The molecule has 7 nitrogen and oxygen atoms in total. The van der Waals surface area contributed by atoms with Gasteiger partial charge in [0.25, 0.3) is 5.91 Å². The molecule has 1 N–H and O–H groups in total. The van der Waals surface area contributed by atoms with Crippen molar-refractivity contribution in [2.24, 2.45) is 0 Å². The molecule has 4 rings (SSSR count). The Labute approximate surface area is 205 Å². The Morgan fingerprint density at radius 2 is 1.79 bits per heavy atom. The average molecular weight is 505 g/mol. The molecule has 2 aromatic carbocycles. The number of amides is 1. The number of aryl methyl sites for hydroxylation is 2. The largest absolute Gasteiger partial charge is 0.471 e. The highest BCUT2D eigenvalue weighted by Crippen LogP contribution is 2.26. The molecule has 0 aliphatic rings. The third-order valence-electron chi connectivity index (χ3n) is 4.87. The lowest BCUT2D eigenvalue weighted by molar-refractivity contribution is 0.102. The molecule has 0 saturated heterocycles. The van der Waals surface area contributed by atoms with Crippen LogP contribution in [0.4, 0.5) is 5.69 Å². The first-order valence-corrected chi connectivity index (χ1v) is 11.1. The van der Waals surface area contributed by atoms with Gasteiger partial charge in [0, 0.05) is 17.4 Å².